The smallest absolute Gasteiger partial charge is 0.254 e. The highest BCUT2D eigenvalue weighted by Gasteiger charge is 2.16. The van der Waals surface area contributed by atoms with E-state index in [1.54, 1.807) is 0 Å². The molecule has 0 unspecified atom stereocenters. The SMILES string of the molecule is COc1cc(C(=O)N(CCO)CCO)ccc1F. The largest absolute Gasteiger partial charge is 0.494 e. The molecule has 1 aromatic carbocycles. The van der Waals surface area contributed by atoms with Crippen molar-refractivity contribution in [3.05, 3.63) is 29.6 Å². The fourth-order valence-electron chi connectivity index (χ4n) is 1.53. The number of rotatable bonds is 6. The average Bonchev–Trinajstić information content (AvgIpc) is 2.38. The molecule has 0 aromatic heterocycles. The maximum atomic E-state index is 13.2. The number of ether oxygens (including phenoxy) is 1. The molecule has 0 radical (unpaired) electrons. The normalized spacial score (nSPS) is 10.2. The average molecular weight is 257 g/mol. The van der Waals surface area contributed by atoms with Gasteiger partial charge in [-0.05, 0) is 18.2 Å². The molecule has 1 rings (SSSR count). The molecule has 0 spiro atoms. The minimum Gasteiger partial charge on any atom is -0.494 e. The number of hydrogen-bond acceptors (Lipinski definition) is 4. The van der Waals surface area contributed by atoms with Gasteiger partial charge in [-0.3, -0.25) is 4.79 Å². The molecule has 5 nitrogen and oxygen atoms in total. The monoisotopic (exact) mass is 257 g/mol. The highest BCUT2D eigenvalue weighted by atomic mass is 19.1. The molecular formula is C12H16FNO4. The van der Waals surface area contributed by atoms with Crippen molar-refractivity contribution >= 4 is 5.91 Å². The van der Waals surface area contributed by atoms with Crippen LogP contribution in [-0.2, 0) is 0 Å². The molecule has 0 atom stereocenters. The highest BCUT2D eigenvalue weighted by molar-refractivity contribution is 5.94. The van der Waals surface area contributed by atoms with E-state index in [2.05, 4.69) is 0 Å². The lowest BCUT2D eigenvalue weighted by Gasteiger charge is -2.20. The maximum Gasteiger partial charge on any atom is 0.254 e. The summed E-state index contributed by atoms with van der Waals surface area (Å²) in [4.78, 5) is 13.3. The van der Waals surface area contributed by atoms with E-state index in [1.165, 1.54) is 24.1 Å². The number of aliphatic hydroxyl groups excluding tert-OH is 2. The van der Waals surface area contributed by atoms with Crippen molar-refractivity contribution in [3.63, 3.8) is 0 Å². The van der Waals surface area contributed by atoms with Crippen molar-refractivity contribution in [3.8, 4) is 5.75 Å². The number of methoxy groups -OCH3 is 1. The molecule has 6 heteroatoms. The molecule has 0 aliphatic carbocycles. The van der Waals surface area contributed by atoms with E-state index in [0.29, 0.717) is 0 Å². The minimum atomic E-state index is -0.551. The van der Waals surface area contributed by atoms with E-state index in [4.69, 9.17) is 14.9 Å². The van der Waals surface area contributed by atoms with Gasteiger partial charge < -0.3 is 19.8 Å². The first-order valence-corrected chi connectivity index (χ1v) is 5.48. The lowest BCUT2D eigenvalue weighted by Crippen LogP contribution is -2.35. The Morgan fingerprint density at radius 1 is 1.33 bits per heavy atom. The van der Waals surface area contributed by atoms with Crippen LogP contribution in [0.15, 0.2) is 18.2 Å². The van der Waals surface area contributed by atoms with Gasteiger partial charge in [0.05, 0.1) is 20.3 Å². The van der Waals surface area contributed by atoms with Crippen LogP contribution in [0.3, 0.4) is 0 Å². The summed E-state index contributed by atoms with van der Waals surface area (Å²) in [6.07, 6.45) is 0. The molecule has 1 aromatic rings. The van der Waals surface area contributed by atoms with Gasteiger partial charge in [-0.15, -0.1) is 0 Å². The Morgan fingerprint density at radius 2 is 1.94 bits per heavy atom. The van der Waals surface area contributed by atoms with Crippen LogP contribution in [0.2, 0.25) is 0 Å². The molecule has 0 saturated carbocycles. The Hall–Kier alpha value is -1.66. The fourth-order valence-corrected chi connectivity index (χ4v) is 1.53. The van der Waals surface area contributed by atoms with Crippen LogP contribution in [0.5, 0.6) is 5.75 Å². The summed E-state index contributed by atoms with van der Waals surface area (Å²) in [7, 11) is 1.31. The van der Waals surface area contributed by atoms with E-state index < -0.39 is 11.7 Å². The zero-order valence-corrected chi connectivity index (χ0v) is 10.1. The van der Waals surface area contributed by atoms with Crippen molar-refractivity contribution < 1.29 is 24.1 Å². The predicted octanol–water partition coefficient (Wildman–Crippen LogP) is 0.261. The third-order valence-electron chi connectivity index (χ3n) is 2.43. The van der Waals surface area contributed by atoms with Gasteiger partial charge in [0.1, 0.15) is 0 Å². The van der Waals surface area contributed by atoms with Crippen molar-refractivity contribution in [1.82, 2.24) is 4.90 Å². The van der Waals surface area contributed by atoms with Crippen LogP contribution in [0.4, 0.5) is 4.39 Å². The van der Waals surface area contributed by atoms with E-state index >= 15 is 0 Å². The molecule has 18 heavy (non-hydrogen) atoms. The summed E-state index contributed by atoms with van der Waals surface area (Å²) in [6.45, 7) is -0.188. The highest BCUT2D eigenvalue weighted by Crippen LogP contribution is 2.19. The second kappa shape index (κ2) is 6.93. The predicted molar refractivity (Wildman–Crippen MR) is 63.0 cm³/mol. The summed E-state index contributed by atoms with van der Waals surface area (Å²) < 4.78 is 18.0. The van der Waals surface area contributed by atoms with Crippen LogP contribution in [0, 0.1) is 5.82 Å². The molecular weight excluding hydrogens is 241 g/mol. The molecule has 0 bridgehead atoms. The number of nitrogens with zero attached hydrogens (tertiary/aromatic N) is 1. The number of halogens is 1. The zero-order valence-electron chi connectivity index (χ0n) is 10.1. The van der Waals surface area contributed by atoms with Gasteiger partial charge in [0.2, 0.25) is 0 Å². The van der Waals surface area contributed by atoms with Crippen molar-refractivity contribution in [1.29, 1.82) is 0 Å². The topological polar surface area (TPSA) is 70.0 Å². The Balaban J connectivity index is 2.93. The number of amides is 1. The number of aliphatic hydroxyl groups is 2. The number of hydrogen-bond donors (Lipinski definition) is 2. The maximum absolute atomic E-state index is 13.2. The summed E-state index contributed by atoms with van der Waals surface area (Å²) >= 11 is 0. The fraction of sp³-hybridized carbons (Fsp3) is 0.417. The molecule has 1 amide bonds. The first-order valence-electron chi connectivity index (χ1n) is 5.48. The van der Waals surface area contributed by atoms with Crippen LogP contribution < -0.4 is 4.74 Å². The van der Waals surface area contributed by atoms with Gasteiger partial charge in [0.15, 0.2) is 11.6 Å². The Labute approximate surface area is 104 Å². The van der Waals surface area contributed by atoms with Crippen LogP contribution in [0.25, 0.3) is 0 Å². The molecule has 0 heterocycles. The van der Waals surface area contributed by atoms with Crippen molar-refractivity contribution in [2.45, 2.75) is 0 Å². The van der Waals surface area contributed by atoms with Crippen LogP contribution >= 0.6 is 0 Å². The van der Waals surface area contributed by atoms with Gasteiger partial charge in [0, 0.05) is 18.7 Å². The van der Waals surface area contributed by atoms with Gasteiger partial charge >= 0.3 is 0 Å². The summed E-state index contributed by atoms with van der Waals surface area (Å²) in [5.74, 6) is -0.963. The number of carbonyl (C=O) groups is 1. The van der Waals surface area contributed by atoms with E-state index in [0.717, 1.165) is 6.07 Å². The second-order valence-corrected chi connectivity index (χ2v) is 3.59. The third kappa shape index (κ3) is 3.41. The molecule has 100 valence electrons. The Kier molecular flexibility index (Phi) is 5.54. The lowest BCUT2D eigenvalue weighted by atomic mass is 10.2. The summed E-state index contributed by atoms with van der Waals surface area (Å²) in [5, 5.41) is 17.7. The van der Waals surface area contributed by atoms with Crippen molar-refractivity contribution in [2.24, 2.45) is 0 Å². The number of benzene rings is 1. The van der Waals surface area contributed by atoms with Gasteiger partial charge in [-0.2, -0.15) is 0 Å². The Bertz CT molecular complexity index is 405. The quantitative estimate of drug-likeness (QED) is 0.767. The van der Waals surface area contributed by atoms with E-state index in [-0.39, 0.29) is 37.6 Å². The Morgan fingerprint density at radius 3 is 2.44 bits per heavy atom. The minimum absolute atomic E-state index is 0.0196. The first kappa shape index (κ1) is 14.4. The molecule has 0 aliphatic rings. The summed E-state index contributed by atoms with van der Waals surface area (Å²) in [6, 6.07) is 3.77. The lowest BCUT2D eigenvalue weighted by molar-refractivity contribution is 0.0684. The molecule has 0 fully saturated rings. The van der Waals surface area contributed by atoms with Crippen molar-refractivity contribution in [2.75, 3.05) is 33.4 Å². The van der Waals surface area contributed by atoms with E-state index in [1.807, 2.05) is 0 Å². The third-order valence-corrected chi connectivity index (χ3v) is 2.43. The zero-order chi connectivity index (χ0) is 13.5. The number of carbonyl (C=O) groups excluding carboxylic acids is 1. The summed E-state index contributed by atoms with van der Waals surface area (Å²) in [5.41, 5.74) is 0.246. The van der Waals surface area contributed by atoms with Crippen LogP contribution in [0.1, 0.15) is 10.4 Å². The molecule has 0 saturated heterocycles. The molecule has 0 aliphatic heterocycles. The second-order valence-electron chi connectivity index (χ2n) is 3.59. The standard InChI is InChI=1S/C12H16FNO4/c1-18-11-8-9(2-3-10(11)13)12(17)14(4-6-15)5-7-16/h2-3,8,15-16H,4-7H2,1H3. The van der Waals surface area contributed by atoms with Gasteiger partial charge in [-0.25, -0.2) is 4.39 Å². The first-order chi connectivity index (χ1) is 8.63. The molecule has 2 N–H and O–H groups in total. The van der Waals surface area contributed by atoms with Gasteiger partial charge in [0.25, 0.3) is 5.91 Å². The van der Waals surface area contributed by atoms with E-state index in [9.17, 15) is 9.18 Å². The van der Waals surface area contributed by atoms with Crippen LogP contribution in [-0.4, -0.2) is 54.4 Å². The van der Waals surface area contributed by atoms with Gasteiger partial charge in [-0.1, -0.05) is 0 Å².